The molecule has 0 fully saturated rings. The Balaban J connectivity index is 0.000000847. The summed E-state index contributed by atoms with van der Waals surface area (Å²) in [6.07, 6.45) is -3.45. The summed E-state index contributed by atoms with van der Waals surface area (Å²) in [6, 6.07) is 0. The van der Waals surface area contributed by atoms with E-state index in [-0.39, 0.29) is 5.56 Å². The number of hydrogen-bond donors (Lipinski definition) is 1. The van der Waals surface area contributed by atoms with E-state index in [1.54, 1.807) is 0 Å². The molecule has 0 aromatic heterocycles. The van der Waals surface area contributed by atoms with E-state index in [1.807, 2.05) is 13.8 Å². The lowest BCUT2D eigenvalue weighted by Gasteiger charge is -2.18. The first-order valence-electron chi connectivity index (χ1n) is 7.73. The van der Waals surface area contributed by atoms with Gasteiger partial charge in [0.25, 0.3) is 0 Å². The molecule has 22 heavy (non-hydrogen) atoms. The van der Waals surface area contributed by atoms with Gasteiger partial charge < -0.3 is 15.2 Å². The third-order valence-electron chi connectivity index (χ3n) is 3.79. The normalized spacial score (nSPS) is 15.4. The molecule has 6 heteroatoms. The lowest BCUT2D eigenvalue weighted by Crippen LogP contribution is -2.15. The Bertz CT molecular complexity index is 506. The molecule has 0 unspecified atom stereocenters. The number of halogens is 3. The van der Waals surface area contributed by atoms with Crippen molar-refractivity contribution in [3.63, 3.8) is 0 Å². The van der Waals surface area contributed by atoms with Gasteiger partial charge in [-0.25, -0.2) is 0 Å². The molecule has 2 aliphatic rings. The molecule has 124 valence electrons. The summed E-state index contributed by atoms with van der Waals surface area (Å²) >= 11 is 0. The predicted molar refractivity (Wildman–Crippen MR) is 78.7 cm³/mol. The number of hydrogen-bond acceptors (Lipinski definition) is 3. The van der Waals surface area contributed by atoms with E-state index in [2.05, 4.69) is 0 Å². The summed E-state index contributed by atoms with van der Waals surface area (Å²) in [4.78, 5) is 0. The molecule has 0 amide bonds. The van der Waals surface area contributed by atoms with E-state index in [9.17, 15) is 13.2 Å². The fourth-order valence-corrected chi connectivity index (χ4v) is 3.10. The van der Waals surface area contributed by atoms with Crippen LogP contribution in [-0.2, 0) is 25.7 Å². The maximum absolute atomic E-state index is 12.8. The molecule has 2 heterocycles. The summed E-state index contributed by atoms with van der Waals surface area (Å²) in [5.74, 6) is 1.05. The third kappa shape index (κ3) is 3.16. The average Bonchev–Trinajstić information content (AvgIpc) is 3.12. The minimum absolute atomic E-state index is 0.262. The van der Waals surface area contributed by atoms with Gasteiger partial charge in [-0.15, -0.1) is 0 Å². The predicted octanol–water partition coefficient (Wildman–Crippen LogP) is 3.19. The van der Waals surface area contributed by atoms with E-state index in [0.29, 0.717) is 56.1 Å². The van der Waals surface area contributed by atoms with Gasteiger partial charge in [-0.2, -0.15) is 13.2 Å². The maximum Gasteiger partial charge on any atom is 0.393 e. The van der Waals surface area contributed by atoms with E-state index in [0.717, 1.165) is 11.1 Å². The Morgan fingerprint density at radius 3 is 1.95 bits per heavy atom. The van der Waals surface area contributed by atoms with E-state index < -0.39 is 12.6 Å². The van der Waals surface area contributed by atoms with E-state index >= 15 is 0 Å². The zero-order valence-corrected chi connectivity index (χ0v) is 13.0. The monoisotopic (exact) mass is 317 g/mol. The zero-order chi connectivity index (χ0) is 16.3. The summed E-state index contributed by atoms with van der Waals surface area (Å²) in [6.45, 7) is 5.31. The molecule has 0 saturated heterocycles. The molecule has 3 nitrogen and oxygen atoms in total. The molecule has 3 rings (SSSR count). The maximum atomic E-state index is 12.8. The van der Waals surface area contributed by atoms with Crippen LogP contribution in [0.4, 0.5) is 13.2 Å². The van der Waals surface area contributed by atoms with Crippen LogP contribution in [0.25, 0.3) is 0 Å². The van der Waals surface area contributed by atoms with Crippen LogP contribution in [0.3, 0.4) is 0 Å². The zero-order valence-electron chi connectivity index (χ0n) is 13.0. The first-order valence-corrected chi connectivity index (χ1v) is 7.73. The standard InChI is InChI=1S/C14H16F3NO2.C2H6/c15-14(16,17)7-11-10-3-6-19-12(10)8(1-4-18)9-2-5-20-13(9)11;1-2/h1-7,18H2;1-2H3. The Morgan fingerprint density at radius 1 is 0.955 bits per heavy atom. The van der Waals surface area contributed by atoms with Gasteiger partial charge in [0, 0.05) is 35.1 Å². The highest BCUT2D eigenvalue weighted by molar-refractivity contribution is 5.62. The largest absolute Gasteiger partial charge is 0.493 e. The van der Waals surface area contributed by atoms with Crippen LogP contribution >= 0.6 is 0 Å². The molecule has 0 spiro atoms. The number of nitrogens with two attached hydrogens (primary N) is 1. The second-order valence-electron chi connectivity index (χ2n) is 5.10. The van der Waals surface area contributed by atoms with Crippen molar-refractivity contribution in [3.8, 4) is 11.5 Å². The van der Waals surface area contributed by atoms with Crippen LogP contribution in [0.1, 0.15) is 36.1 Å². The van der Waals surface area contributed by atoms with Gasteiger partial charge in [0.2, 0.25) is 0 Å². The number of fused-ring (bicyclic) bond motifs is 2. The van der Waals surface area contributed by atoms with Gasteiger partial charge in [0.15, 0.2) is 0 Å². The topological polar surface area (TPSA) is 44.5 Å². The van der Waals surface area contributed by atoms with Crippen molar-refractivity contribution in [1.29, 1.82) is 0 Å². The van der Waals surface area contributed by atoms with Crippen LogP contribution in [0.5, 0.6) is 11.5 Å². The lowest BCUT2D eigenvalue weighted by atomic mass is 9.91. The number of ether oxygens (including phenoxy) is 2. The van der Waals surface area contributed by atoms with Crippen molar-refractivity contribution in [3.05, 3.63) is 22.3 Å². The molecule has 0 radical (unpaired) electrons. The molecule has 2 aliphatic heterocycles. The smallest absolute Gasteiger partial charge is 0.393 e. The van der Waals surface area contributed by atoms with Crippen molar-refractivity contribution in [2.45, 2.75) is 45.7 Å². The third-order valence-corrected chi connectivity index (χ3v) is 3.79. The fourth-order valence-electron chi connectivity index (χ4n) is 3.10. The highest BCUT2D eigenvalue weighted by atomic mass is 19.4. The van der Waals surface area contributed by atoms with Crippen LogP contribution in [0, 0.1) is 0 Å². The second kappa shape index (κ2) is 6.77. The van der Waals surface area contributed by atoms with Gasteiger partial charge in [0.1, 0.15) is 11.5 Å². The molecule has 1 aromatic carbocycles. The first-order chi connectivity index (χ1) is 10.5. The highest BCUT2D eigenvalue weighted by Gasteiger charge is 2.37. The summed E-state index contributed by atoms with van der Waals surface area (Å²) in [7, 11) is 0. The van der Waals surface area contributed by atoms with Gasteiger partial charge in [-0.05, 0) is 13.0 Å². The van der Waals surface area contributed by atoms with Gasteiger partial charge in [-0.3, -0.25) is 0 Å². The first kappa shape index (κ1) is 16.9. The minimum Gasteiger partial charge on any atom is -0.493 e. The highest BCUT2D eigenvalue weighted by Crippen LogP contribution is 2.46. The Morgan fingerprint density at radius 2 is 1.45 bits per heavy atom. The van der Waals surface area contributed by atoms with Crippen molar-refractivity contribution >= 4 is 0 Å². The van der Waals surface area contributed by atoms with Crippen LogP contribution < -0.4 is 15.2 Å². The minimum atomic E-state index is -4.24. The van der Waals surface area contributed by atoms with Crippen LogP contribution in [0.2, 0.25) is 0 Å². The van der Waals surface area contributed by atoms with Crippen molar-refractivity contribution < 1.29 is 22.6 Å². The van der Waals surface area contributed by atoms with Crippen molar-refractivity contribution in [1.82, 2.24) is 0 Å². The van der Waals surface area contributed by atoms with E-state index in [4.69, 9.17) is 15.2 Å². The van der Waals surface area contributed by atoms with Crippen LogP contribution in [0.15, 0.2) is 0 Å². The van der Waals surface area contributed by atoms with Gasteiger partial charge in [-0.1, -0.05) is 13.8 Å². The Hall–Kier alpha value is -1.43. The average molecular weight is 317 g/mol. The quantitative estimate of drug-likeness (QED) is 0.931. The van der Waals surface area contributed by atoms with Crippen molar-refractivity contribution in [2.24, 2.45) is 5.73 Å². The molecular weight excluding hydrogens is 295 g/mol. The van der Waals surface area contributed by atoms with Crippen molar-refractivity contribution in [2.75, 3.05) is 19.8 Å². The lowest BCUT2D eigenvalue weighted by molar-refractivity contribution is -0.127. The Kier molecular flexibility index (Phi) is 5.21. The number of benzene rings is 1. The fraction of sp³-hybridized carbons (Fsp3) is 0.625. The molecular formula is C16H22F3NO2. The number of rotatable bonds is 3. The van der Waals surface area contributed by atoms with Gasteiger partial charge >= 0.3 is 6.18 Å². The molecule has 0 bridgehead atoms. The second-order valence-corrected chi connectivity index (χ2v) is 5.10. The molecule has 1 aromatic rings. The Labute approximate surface area is 128 Å². The molecule has 0 atom stereocenters. The summed E-state index contributed by atoms with van der Waals surface area (Å²) < 4.78 is 49.5. The number of alkyl halides is 3. The van der Waals surface area contributed by atoms with Gasteiger partial charge in [0.05, 0.1) is 19.6 Å². The SMILES string of the molecule is CC.NCCc1c2c(c(CC(F)(F)F)c3c1OCC3)OCC2. The summed E-state index contributed by atoms with van der Waals surface area (Å²) in [5, 5.41) is 0. The van der Waals surface area contributed by atoms with Crippen LogP contribution in [-0.4, -0.2) is 25.9 Å². The molecule has 2 N–H and O–H groups in total. The summed E-state index contributed by atoms with van der Waals surface area (Å²) in [5.41, 5.74) is 8.33. The van der Waals surface area contributed by atoms with E-state index in [1.165, 1.54) is 0 Å². The molecule has 0 saturated carbocycles. The molecule has 0 aliphatic carbocycles.